The standard InChI is InChI=1S/C14H22N2O5S2/c1-3-9-22(17,18)15-13-5-4-6-14(10-13)23(19,20)16-7-8-21-12(2)11-16/h4-6,10,12,15H,3,7-9,11H2,1-2H3. The Hall–Kier alpha value is -1.16. The minimum atomic E-state index is -3.67. The Bertz CT molecular complexity index is 746. The Labute approximate surface area is 137 Å². The number of hydrogen-bond acceptors (Lipinski definition) is 5. The van der Waals surface area contributed by atoms with Crippen LogP contribution in [0.4, 0.5) is 5.69 Å². The molecule has 1 atom stereocenters. The Morgan fingerprint density at radius 2 is 2.04 bits per heavy atom. The van der Waals surface area contributed by atoms with E-state index in [1.165, 1.54) is 28.6 Å². The fourth-order valence-electron chi connectivity index (χ4n) is 2.37. The average Bonchev–Trinajstić information content (AvgIpc) is 2.47. The van der Waals surface area contributed by atoms with Crippen molar-refractivity contribution in [2.45, 2.75) is 31.3 Å². The summed E-state index contributed by atoms with van der Waals surface area (Å²) in [5.74, 6) is -0.00897. The van der Waals surface area contributed by atoms with Crippen molar-refractivity contribution in [1.29, 1.82) is 0 Å². The van der Waals surface area contributed by atoms with Crippen LogP contribution in [0.25, 0.3) is 0 Å². The van der Waals surface area contributed by atoms with Crippen molar-refractivity contribution in [3.8, 4) is 0 Å². The monoisotopic (exact) mass is 362 g/mol. The van der Waals surface area contributed by atoms with Crippen molar-refractivity contribution >= 4 is 25.7 Å². The molecule has 130 valence electrons. The van der Waals surface area contributed by atoms with Crippen LogP contribution in [0.3, 0.4) is 0 Å². The summed E-state index contributed by atoms with van der Waals surface area (Å²) in [7, 11) is -7.13. The second-order valence-electron chi connectivity index (χ2n) is 5.49. The van der Waals surface area contributed by atoms with Crippen LogP contribution >= 0.6 is 0 Å². The first-order valence-electron chi connectivity index (χ1n) is 7.47. The number of sulfonamides is 2. The minimum Gasteiger partial charge on any atom is -0.376 e. The van der Waals surface area contributed by atoms with E-state index in [4.69, 9.17) is 4.74 Å². The van der Waals surface area contributed by atoms with Crippen LogP contribution in [0.1, 0.15) is 20.3 Å². The van der Waals surface area contributed by atoms with Gasteiger partial charge in [-0.05, 0) is 31.5 Å². The Balaban J connectivity index is 2.25. The van der Waals surface area contributed by atoms with Crippen LogP contribution in [0, 0.1) is 0 Å². The van der Waals surface area contributed by atoms with Gasteiger partial charge < -0.3 is 4.74 Å². The van der Waals surface area contributed by atoms with E-state index in [9.17, 15) is 16.8 Å². The molecule has 1 aromatic carbocycles. The number of ether oxygens (including phenoxy) is 1. The van der Waals surface area contributed by atoms with E-state index < -0.39 is 20.0 Å². The van der Waals surface area contributed by atoms with Gasteiger partial charge in [-0.25, -0.2) is 16.8 Å². The summed E-state index contributed by atoms with van der Waals surface area (Å²) in [6.45, 7) is 4.51. The lowest BCUT2D eigenvalue weighted by molar-refractivity contribution is 0.0102. The van der Waals surface area contributed by atoms with Crippen molar-refractivity contribution in [2.24, 2.45) is 0 Å². The summed E-state index contributed by atoms with van der Waals surface area (Å²) in [4.78, 5) is 0.0725. The van der Waals surface area contributed by atoms with Gasteiger partial charge in [0, 0.05) is 18.8 Å². The summed E-state index contributed by atoms with van der Waals surface area (Å²) in [5, 5.41) is 0. The molecule has 0 amide bonds. The number of hydrogen-bond donors (Lipinski definition) is 1. The highest BCUT2D eigenvalue weighted by atomic mass is 32.2. The van der Waals surface area contributed by atoms with Crippen LogP contribution < -0.4 is 4.72 Å². The Morgan fingerprint density at radius 1 is 1.30 bits per heavy atom. The van der Waals surface area contributed by atoms with Crippen LogP contribution in [0.15, 0.2) is 29.2 Å². The van der Waals surface area contributed by atoms with Gasteiger partial charge >= 0.3 is 0 Å². The molecule has 1 fully saturated rings. The average molecular weight is 362 g/mol. The van der Waals surface area contributed by atoms with Gasteiger partial charge in [-0.3, -0.25) is 4.72 Å². The smallest absolute Gasteiger partial charge is 0.243 e. The lowest BCUT2D eigenvalue weighted by Crippen LogP contribution is -2.44. The van der Waals surface area contributed by atoms with Gasteiger partial charge in [0.2, 0.25) is 20.0 Å². The maximum absolute atomic E-state index is 12.7. The molecule has 1 N–H and O–H groups in total. The number of anilines is 1. The molecule has 0 aromatic heterocycles. The highest BCUT2D eigenvalue weighted by Crippen LogP contribution is 2.22. The van der Waals surface area contributed by atoms with Crippen molar-refractivity contribution in [3.05, 3.63) is 24.3 Å². The largest absolute Gasteiger partial charge is 0.376 e. The Morgan fingerprint density at radius 3 is 2.70 bits per heavy atom. The molecule has 0 bridgehead atoms. The van der Waals surface area contributed by atoms with Gasteiger partial charge in [0.15, 0.2) is 0 Å². The molecule has 0 spiro atoms. The molecular weight excluding hydrogens is 340 g/mol. The number of nitrogens with zero attached hydrogens (tertiary/aromatic N) is 1. The molecule has 1 aromatic rings. The molecule has 1 saturated heterocycles. The second kappa shape index (κ2) is 7.16. The predicted octanol–water partition coefficient (Wildman–Crippen LogP) is 1.25. The maximum atomic E-state index is 12.7. The molecule has 23 heavy (non-hydrogen) atoms. The van der Waals surface area contributed by atoms with Crippen molar-refractivity contribution < 1.29 is 21.6 Å². The quantitative estimate of drug-likeness (QED) is 0.822. The van der Waals surface area contributed by atoms with E-state index in [1.807, 2.05) is 6.92 Å². The van der Waals surface area contributed by atoms with Crippen molar-refractivity contribution in [3.63, 3.8) is 0 Å². The van der Waals surface area contributed by atoms with E-state index in [0.717, 1.165) is 0 Å². The normalized spacial score (nSPS) is 20.3. The van der Waals surface area contributed by atoms with Crippen LogP contribution in [0.5, 0.6) is 0 Å². The lowest BCUT2D eigenvalue weighted by Gasteiger charge is -2.30. The fraction of sp³-hybridized carbons (Fsp3) is 0.571. The summed E-state index contributed by atoms with van der Waals surface area (Å²) >= 11 is 0. The minimum absolute atomic E-state index is 0.00897. The maximum Gasteiger partial charge on any atom is 0.243 e. The molecule has 7 nitrogen and oxygen atoms in total. The van der Waals surface area contributed by atoms with Gasteiger partial charge in [-0.2, -0.15) is 4.31 Å². The van der Waals surface area contributed by atoms with Gasteiger partial charge in [0.25, 0.3) is 0 Å². The zero-order chi connectivity index (χ0) is 17.1. The zero-order valence-electron chi connectivity index (χ0n) is 13.2. The second-order valence-corrected chi connectivity index (χ2v) is 9.27. The molecule has 9 heteroatoms. The van der Waals surface area contributed by atoms with E-state index in [2.05, 4.69) is 4.72 Å². The first-order chi connectivity index (χ1) is 10.7. The van der Waals surface area contributed by atoms with Crippen LogP contribution in [0.2, 0.25) is 0 Å². The van der Waals surface area contributed by atoms with Crippen LogP contribution in [-0.2, 0) is 24.8 Å². The lowest BCUT2D eigenvalue weighted by atomic mass is 10.3. The van der Waals surface area contributed by atoms with E-state index in [-0.39, 0.29) is 29.0 Å². The highest BCUT2D eigenvalue weighted by Gasteiger charge is 2.29. The zero-order valence-corrected chi connectivity index (χ0v) is 14.9. The molecule has 1 aliphatic heterocycles. The third kappa shape index (κ3) is 4.66. The molecule has 1 heterocycles. The van der Waals surface area contributed by atoms with Gasteiger partial charge in [-0.15, -0.1) is 0 Å². The number of nitrogens with one attached hydrogen (secondary N) is 1. The molecular formula is C14H22N2O5S2. The first kappa shape index (κ1) is 18.2. The molecule has 1 aliphatic rings. The predicted molar refractivity (Wildman–Crippen MR) is 88.3 cm³/mol. The Kier molecular flexibility index (Phi) is 5.66. The van der Waals surface area contributed by atoms with Crippen molar-refractivity contribution in [2.75, 3.05) is 30.2 Å². The molecule has 2 rings (SSSR count). The number of rotatable bonds is 6. The topological polar surface area (TPSA) is 92.8 Å². The molecule has 0 saturated carbocycles. The van der Waals surface area contributed by atoms with Gasteiger partial charge in [0.1, 0.15) is 0 Å². The van der Waals surface area contributed by atoms with Crippen molar-refractivity contribution in [1.82, 2.24) is 4.31 Å². The van der Waals surface area contributed by atoms with Crippen LogP contribution in [-0.4, -0.2) is 52.7 Å². The fourth-order valence-corrected chi connectivity index (χ4v) is 5.04. The van der Waals surface area contributed by atoms with E-state index in [1.54, 1.807) is 6.92 Å². The molecule has 1 unspecified atom stereocenters. The number of morpholine rings is 1. The molecule has 0 radical (unpaired) electrons. The summed E-state index contributed by atoms with van der Waals surface area (Å²) in [6.07, 6.45) is 0.323. The number of benzene rings is 1. The summed E-state index contributed by atoms with van der Waals surface area (Å²) in [5.41, 5.74) is 0.251. The summed E-state index contributed by atoms with van der Waals surface area (Å²) in [6, 6.07) is 5.88. The molecule has 0 aliphatic carbocycles. The van der Waals surface area contributed by atoms with E-state index in [0.29, 0.717) is 19.6 Å². The third-order valence-electron chi connectivity index (χ3n) is 3.42. The highest BCUT2D eigenvalue weighted by molar-refractivity contribution is 7.92. The van der Waals surface area contributed by atoms with E-state index >= 15 is 0 Å². The third-order valence-corrected chi connectivity index (χ3v) is 6.78. The first-order valence-corrected chi connectivity index (χ1v) is 10.6. The van der Waals surface area contributed by atoms with Gasteiger partial charge in [-0.1, -0.05) is 13.0 Å². The summed E-state index contributed by atoms with van der Waals surface area (Å²) < 4.78 is 58.1. The van der Waals surface area contributed by atoms with Gasteiger partial charge in [0.05, 0.1) is 23.4 Å². The SMILES string of the molecule is CCCS(=O)(=O)Nc1cccc(S(=O)(=O)N2CCOC(C)C2)c1.